The van der Waals surface area contributed by atoms with Gasteiger partial charge in [0, 0.05) is 16.3 Å². The quantitative estimate of drug-likeness (QED) is 0.406. The highest BCUT2D eigenvalue weighted by Crippen LogP contribution is 2.23. The van der Waals surface area contributed by atoms with Crippen molar-refractivity contribution in [1.29, 1.82) is 0 Å². The second kappa shape index (κ2) is 9.50. The van der Waals surface area contributed by atoms with E-state index in [1.165, 1.54) is 0 Å². The van der Waals surface area contributed by atoms with Crippen molar-refractivity contribution >= 4 is 29.5 Å². The molecule has 28 heavy (non-hydrogen) atoms. The number of nitrogens with one attached hydrogen (secondary N) is 1. The lowest BCUT2D eigenvalue weighted by Crippen LogP contribution is -2.19. The highest BCUT2D eigenvalue weighted by atomic mass is 32.2. The van der Waals surface area contributed by atoms with Crippen molar-refractivity contribution in [3.05, 3.63) is 52.3 Å². The normalized spacial score (nSPS) is 10.6. The molecule has 1 aromatic heterocycles. The Bertz CT molecular complexity index is 910. The van der Waals surface area contributed by atoms with Crippen LogP contribution in [0.1, 0.15) is 39.0 Å². The Hall–Kier alpha value is -2.68. The molecule has 0 atom stereocenters. The second-order valence-corrected chi connectivity index (χ2v) is 6.81. The molecule has 0 saturated carbocycles. The van der Waals surface area contributed by atoms with Crippen molar-refractivity contribution in [3.8, 4) is 0 Å². The molecule has 2 rings (SSSR count). The van der Waals surface area contributed by atoms with Crippen LogP contribution in [0.15, 0.2) is 23.1 Å². The van der Waals surface area contributed by atoms with Crippen molar-refractivity contribution in [3.63, 3.8) is 0 Å². The van der Waals surface area contributed by atoms with Gasteiger partial charge in [-0.25, -0.2) is 13.6 Å². The van der Waals surface area contributed by atoms with E-state index >= 15 is 0 Å². The molecule has 2 aromatic rings. The van der Waals surface area contributed by atoms with Crippen molar-refractivity contribution in [2.75, 3.05) is 19.0 Å². The predicted octanol–water partition coefficient (Wildman–Crippen LogP) is 3.60. The number of halogens is 2. The van der Waals surface area contributed by atoms with Gasteiger partial charge in [-0.1, -0.05) is 0 Å². The number of thioether (sulfide) groups is 1. The van der Waals surface area contributed by atoms with E-state index in [1.54, 1.807) is 20.8 Å². The summed E-state index contributed by atoms with van der Waals surface area (Å²) in [4.78, 5) is 39.3. The van der Waals surface area contributed by atoms with Gasteiger partial charge in [0.25, 0.3) is 0 Å². The zero-order valence-electron chi connectivity index (χ0n) is 15.6. The van der Waals surface area contributed by atoms with Crippen LogP contribution in [0.4, 0.5) is 8.78 Å². The standard InChI is InChI=1S/C19H19F2NO5S/c1-4-26-19(25)18-11(3)22-10(2)17(18)14(23)8-27-16(24)9-28-15-7-12(20)5-6-13(15)21/h5-7,22H,4,8-9H2,1-3H3. The maximum absolute atomic E-state index is 13.5. The molecule has 0 amide bonds. The summed E-state index contributed by atoms with van der Waals surface area (Å²) in [5, 5.41) is 0. The zero-order chi connectivity index (χ0) is 20.8. The molecular formula is C19H19F2NO5S. The Labute approximate surface area is 164 Å². The summed E-state index contributed by atoms with van der Waals surface area (Å²) in [6, 6.07) is 2.90. The average Bonchev–Trinajstić information content (AvgIpc) is 2.94. The monoisotopic (exact) mass is 411 g/mol. The van der Waals surface area contributed by atoms with E-state index in [9.17, 15) is 23.2 Å². The average molecular weight is 411 g/mol. The lowest BCUT2D eigenvalue weighted by molar-refractivity contribution is -0.139. The van der Waals surface area contributed by atoms with Crippen molar-refractivity contribution in [2.24, 2.45) is 0 Å². The van der Waals surface area contributed by atoms with Crippen molar-refractivity contribution in [1.82, 2.24) is 4.98 Å². The maximum Gasteiger partial charge on any atom is 0.340 e. The van der Waals surface area contributed by atoms with E-state index in [1.807, 2.05) is 0 Å². The summed E-state index contributed by atoms with van der Waals surface area (Å²) in [5.41, 5.74) is 1.14. The summed E-state index contributed by atoms with van der Waals surface area (Å²) in [7, 11) is 0. The third kappa shape index (κ3) is 5.19. The number of carbonyl (C=O) groups is 3. The van der Waals surface area contributed by atoms with Gasteiger partial charge in [0.2, 0.25) is 5.78 Å². The molecule has 0 saturated heterocycles. The summed E-state index contributed by atoms with van der Waals surface area (Å²) in [6.07, 6.45) is 0. The van der Waals surface area contributed by atoms with Gasteiger partial charge in [-0.3, -0.25) is 9.59 Å². The Balaban J connectivity index is 1.99. The van der Waals surface area contributed by atoms with E-state index in [0.717, 1.165) is 30.0 Å². The van der Waals surface area contributed by atoms with Gasteiger partial charge in [-0.2, -0.15) is 0 Å². The fourth-order valence-electron chi connectivity index (χ4n) is 2.57. The second-order valence-electron chi connectivity index (χ2n) is 5.79. The molecule has 0 bridgehead atoms. The van der Waals surface area contributed by atoms with Crippen molar-refractivity contribution < 1.29 is 32.6 Å². The molecule has 150 valence electrons. The maximum atomic E-state index is 13.5. The first-order valence-electron chi connectivity index (χ1n) is 8.37. The molecular weight excluding hydrogens is 392 g/mol. The van der Waals surface area contributed by atoms with Crippen LogP contribution in [0.3, 0.4) is 0 Å². The van der Waals surface area contributed by atoms with E-state index in [0.29, 0.717) is 11.4 Å². The van der Waals surface area contributed by atoms with Crippen LogP contribution in [0.2, 0.25) is 0 Å². The van der Waals surface area contributed by atoms with Crippen LogP contribution < -0.4 is 0 Å². The Morgan fingerprint density at radius 3 is 2.43 bits per heavy atom. The number of ketones is 1. The first-order valence-corrected chi connectivity index (χ1v) is 9.36. The number of benzene rings is 1. The van der Waals surface area contributed by atoms with E-state index < -0.39 is 36.0 Å². The molecule has 0 aliphatic carbocycles. The summed E-state index contributed by atoms with van der Waals surface area (Å²) < 4.78 is 36.5. The molecule has 1 aromatic carbocycles. The van der Waals surface area contributed by atoms with Gasteiger partial charge >= 0.3 is 11.9 Å². The fraction of sp³-hybridized carbons (Fsp3) is 0.316. The van der Waals surface area contributed by atoms with Crippen LogP contribution in [0.5, 0.6) is 0 Å². The molecule has 1 heterocycles. The first-order chi connectivity index (χ1) is 13.2. The third-order valence-electron chi connectivity index (χ3n) is 3.74. The van der Waals surface area contributed by atoms with Gasteiger partial charge in [0.15, 0.2) is 6.61 Å². The van der Waals surface area contributed by atoms with Gasteiger partial charge in [0.05, 0.1) is 23.5 Å². The molecule has 0 radical (unpaired) electrons. The van der Waals surface area contributed by atoms with Gasteiger partial charge in [-0.05, 0) is 39.0 Å². The van der Waals surface area contributed by atoms with Gasteiger partial charge in [0.1, 0.15) is 11.6 Å². The Kier molecular flexibility index (Phi) is 7.33. The number of H-pyrrole nitrogens is 1. The number of hydrogen-bond donors (Lipinski definition) is 1. The number of esters is 2. The van der Waals surface area contributed by atoms with E-state index in [2.05, 4.69) is 4.98 Å². The molecule has 0 spiro atoms. The zero-order valence-corrected chi connectivity index (χ0v) is 16.4. The van der Waals surface area contributed by atoms with Crippen LogP contribution >= 0.6 is 11.8 Å². The lowest BCUT2D eigenvalue weighted by atomic mass is 10.1. The van der Waals surface area contributed by atoms with Crippen LogP contribution in [-0.2, 0) is 14.3 Å². The highest BCUT2D eigenvalue weighted by Gasteiger charge is 2.26. The molecule has 9 heteroatoms. The molecule has 0 aliphatic rings. The first kappa shape index (κ1) is 21.6. The number of ether oxygens (including phenoxy) is 2. The molecule has 6 nitrogen and oxygen atoms in total. The van der Waals surface area contributed by atoms with Gasteiger partial charge < -0.3 is 14.5 Å². The smallest absolute Gasteiger partial charge is 0.340 e. The van der Waals surface area contributed by atoms with E-state index in [4.69, 9.17) is 9.47 Å². The van der Waals surface area contributed by atoms with Crippen LogP contribution in [0.25, 0.3) is 0 Å². The molecule has 0 fully saturated rings. The lowest BCUT2D eigenvalue weighted by Gasteiger charge is -2.07. The van der Waals surface area contributed by atoms with Crippen LogP contribution in [0, 0.1) is 25.5 Å². The Morgan fingerprint density at radius 1 is 1.07 bits per heavy atom. The molecule has 1 N–H and O–H groups in total. The number of Topliss-reactive ketones (excluding diaryl/α,β-unsaturated/α-hetero) is 1. The minimum absolute atomic E-state index is 0.0371. The SMILES string of the molecule is CCOC(=O)c1c(C)[nH]c(C)c1C(=O)COC(=O)CSc1cc(F)ccc1F. The summed E-state index contributed by atoms with van der Waals surface area (Å²) in [6.45, 7) is 4.46. The highest BCUT2D eigenvalue weighted by molar-refractivity contribution is 8.00. The summed E-state index contributed by atoms with van der Waals surface area (Å²) in [5.74, 6) is -3.57. The largest absolute Gasteiger partial charge is 0.462 e. The number of aromatic amines is 1. The number of aryl methyl sites for hydroxylation is 2. The Morgan fingerprint density at radius 2 is 1.75 bits per heavy atom. The van der Waals surface area contributed by atoms with Gasteiger partial charge in [-0.15, -0.1) is 11.8 Å². The van der Waals surface area contributed by atoms with Crippen LogP contribution in [-0.4, -0.2) is 41.7 Å². The fourth-order valence-corrected chi connectivity index (χ4v) is 3.33. The topological polar surface area (TPSA) is 85.5 Å². The molecule has 0 unspecified atom stereocenters. The number of rotatable bonds is 8. The van der Waals surface area contributed by atoms with E-state index in [-0.39, 0.29) is 28.4 Å². The minimum Gasteiger partial charge on any atom is -0.462 e. The third-order valence-corrected chi connectivity index (χ3v) is 4.74. The summed E-state index contributed by atoms with van der Waals surface area (Å²) >= 11 is 0.758. The van der Waals surface area contributed by atoms with Crippen molar-refractivity contribution in [2.45, 2.75) is 25.7 Å². The minimum atomic E-state index is -0.774. The number of aromatic nitrogens is 1. The predicted molar refractivity (Wildman–Crippen MR) is 98.6 cm³/mol. The number of carbonyl (C=O) groups excluding carboxylic acids is 3. The molecule has 0 aliphatic heterocycles. The number of hydrogen-bond acceptors (Lipinski definition) is 6.